The van der Waals surface area contributed by atoms with E-state index in [-0.39, 0.29) is 12.1 Å². The van der Waals surface area contributed by atoms with Crippen LogP contribution in [0.2, 0.25) is 0 Å². The van der Waals surface area contributed by atoms with Gasteiger partial charge in [-0.1, -0.05) is 24.3 Å². The van der Waals surface area contributed by atoms with E-state index in [4.69, 9.17) is 14.2 Å². The van der Waals surface area contributed by atoms with Gasteiger partial charge in [0.15, 0.2) is 0 Å². The van der Waals surface area contributed by atoms with Gasteiger partial charge in [0, 0.05) is 20.3 Å². The van der Waals surface area contributed by atoms with Gasteiger partial charge < -0.3 is 19.5 Å². The molecule has 0 heterocycles. The molecule has 1 N–H and O–H groups in total. The summed E-state index contributed by atoms with van der Waals surface area (Å²) in [5.41, 5.74) is 2.81. The molecule has 1 aliphatic rings. The predicted molar refractivity (Wildman–Crippen MR) is 83.6 cm³/mol. The lowest BCUT2D eigenvalue weighted by atomic mass is 9.85. The molecule has 2 unspecified atom stereocenters. The quantitative estimate of drug-likeness (QED) is 0.709. The summed E-state index contributed by atoms with van der Waals surface area (Å²) >= 11 is 0. The van der Waals surface area contributed by atoms with Crippen molar-refractivity contribution in [3.8, 4) is 0 Å². The number of nitrogens with one attached hydrogen (secondary N) is 1. The zero-order valence-electron chi connectivity index (χ0n) is 13.1. The zero-order chi connectivity index (χ0) is 14.9. The van der Waals surface area contributed by atoms with Crippen LogP contribution < -0.4 is 5.32 Å². The standard InChI is InChI=1S/C17H27NO3/c1-18-17-15-7-4-3-6-14(15)8-9-16(17)21-13-12-20-11-5-10-19-2/h3-4,6-7,16-18H,5,8-13H2,1-2H3. The molecule has 0 aromatic heterocycles. The molecule has 0 saturated carbocycles. The van der Waals surface area contributed by atoms with Crippen molar-refractivity contribution < 1.29 is 14.2 Å². The topological polar surface area (TPSA) is 39.7 Å². The largest absolute Gasteiger partial charge is 0.385 e. The highest BCUT2D eigenvalue weighted by Gasteiger charge is 2.28. The molecule has 4 nitrogen and oxygen atoms in total. The Morgan fingerprint density at radius 3 is 2.81 bits per heavy atom. The van der Waals surface area contributed by atoms with Crippen LogP contribution in [0.1, 0.15) is 30.0 Å². The smallest absolute Gasteiger partial charge is 0.0774 e. The van der Waals surface area contributed by atoms with Gasteiger partial charge in [-0.2, -0.15) is 0 Å². The average molecular weight is 293 g/mol. The lowest BCUT2D eigenvalue weighted by Gasteiger charge is -2.33. The second-order valence-corrected chi connectivity index (χ2v) is 5.37. The number of ether oxygens (including phenoxy) is 3. The zero-order valence-corrected chi connectivity index (χ0v) is 13.1. The maximum Gasteiger partial charge on any atom is 0.0774 e. The Hall–Kier alpha value is -0.940. The molecule has 0 saturated heterocycles. The maximum absolute atomic E-state index is 6.03. The Balaban J connectivity index is 1.74. The summed E-state index contributed by atoms with van der Waals surface area (Å²) in [6.45, 7) is 2.79. The number of benzene rings is 1. The summed E-state index contributed by atoms with van der Waals surface area (Å²) in [4.78, 5) is 0. The fourth-order valence-electron chi connectivity index (χ4n) is 2.92. The summed E-state index contributed by atoms with van der Waals surface area (Å²) in [6.07, 6.45) is 3.32. The van der Waals surface area contributed by atoms with Gasteiger partial charge in [0.2, 0.25) is 0 Å². The third-order valence-electron chi connectivity index (χ3n) is 3.97. The summed E-state index contributed by atoms with van der Waals surface area (Å²) in [7, 11) is 3.71. The van der Waals surface area contributed by atoms with E-state index >= 15 is 0 Å². The van der Waals surface area contributed by atoms with Crippen LogP contribution in [0.15, 0.2) is 24.3 Å². The van der Waals surface area contributed by atoms with Crippen molar-refractivity contribution >= 4 is 0 Å². The van der Waals surface area contributed by atoms with Crippen LogP contribution in [0.25, 0.3) is 0 Å². The molecule has 0 fully saturated rings. The normalized spacial score (nSPS) is 21.2. The fourth-order valence-corrected chi connectivity index (χ4v) is 2.92. The van der Waals surface area contributed by atoms with Crippen molar-refractivity contribution in [3.63, 3.8) is 0 Å². The third kappa shape index (κ3) is 4.78. The molecule has 1 aromatic carbocycles. The Kier molecular flexibility index (Phi) is 7.16. The van der Waals surface area contributed by atoms with Crippen LogP contribution in [-0.2, 0) is 20.6 Å². The Morgan fingerprint density at radius 1 is 1.14 bits per heavy atom. The van der Waals surface area contributed by atoms with Crippen LogP contribution in [0.4, 0.5) is 0 Å². The van der Waals surface area contributed by atoms with E-state index in [9.17, 15) is 0 Å². The van der Waals surface area contributed by atoms with Gasteiger partial charge >= 0.3 is 0 Å². The molecule has 2 rings (SSSR count). The molecular formula is C17H27NO3. The fraction of sp³-hybridized carbons (Fsp3) is 0.647. The van der Waals surface area contributed by atoms with Gasteiger partial charge in [-0.05, 0) is 37.4 Å². The number of fused-ring (bicyclic) bond motifs is 1. The van der Waals surface area contributed by atoms with Gasteiger partial charge in [0.1, 0.15) is 0 Å². The van der Waals surface area contributed by atoms with Crippen molar-refractivity contribution in [1.29, 1.82) is 0 Å². The Bertz CT molecular complexity index is 411. The molecule has 0 amide bonds. The number of hydrogen-bond acceptors (Lipinski definition) is 4. The summed E-state index contributed by atoms with van der Waals surface area (Å²) in [5, 5.41) is 3.40. The van der Waals surface area contributed by atoms with E-state index in [1.54, 1.807) is 7.11 Å². The predicted octanol–water partition coefficient (Wildman–Crippen LogP) is 2.33. The van der Waals surface area contributed by atoms with Gasteiger partial charge in [0.05, 0.1) is 25.4 Å². The second-order valence-electron chi connectivity index (χ2n) is 5.37. The van der Waals surface area contributed by atoms with Crippen LogP contribution in [0.3, 0.4) is 0 Å². The average Bonchev–Trinajstić information content (AvgIpc) is 2.53. The van der Waals surface area contributed by atoms with Crippen LogP contribution in [-0.4, -0.2) is 46.7 Å². The van der Waals surface area contributed by atoms with Gasteiger partial charge in [-0.3, -0.25) is 0 Å². The molecule has 1 aliphatic carbocycles. The van der Waals surface area contributed by atoms with Crippen molar-refractivity contribution in [3.05, 3.63) is 35.4 Å². The van der Waals surface area contributed by atoms with E-state index in [0.717, 1.165) is 32.5 Å². The minimum Gasteiger partial charge on any atom is -0.385 e. The van der Waals surface area contributed by atoms with Gasteiger partial charge in [-0.25, -0.2) is 0 Å². The first-order chi connectivity index (χ1) is 10.4. The molecular weight excluding hydrogens is 266 g/mol. The van der Waals surface area contributed by atoms with Crippen molar-refractivity contribution in [1.82, 2.24) is 5.32 Å². The molecule has 0 spiro atoms. The summed E-state index contributed by atoms with van der Waals surface area (Å²) in [5.74, 6) is 0. The Labute approximate surface area is 127 Å². The number of hydrogen-bond donors (Lipinski definition) is 1. The number of aryl methyl sites for hydroxylation is 1. The molecule has 1 aromatic rings. The first-order valence-electron chi connectivity index (χ1n) is 7.80. The van der Waals surface area contributed by atoms with Crippen molar-refractivity contribution in [2.24, 2.45) is 0 Å². The van der Waals surface area contributed by atoms with Crippen LogP contribution in [0, 0.1) is 0 Å². The van der Waals surface area contributed by atoms with Gasteiger partial charge in [-0.15, -0.1) is 0 Å². The first-order valence-corrected chi connectivity index (χ1v) is 7.80. The minimum atomic E-state index is 0.229. The maximum atomic E-state index is 6.03. The number of rotatable bonds is 9. The highest BCUT2D eigenvalue weighted by molar-refractivity contribution is 5.33. The summed E-state index contributed by atoms with van der Waals surface area (Å²) in [6, 6.07) is 8.91. The second kappa shape index (κ2) is 9.15. The van der Waals surface area contributed by atoms with E-state index < -0.39 is 0 Å². The van der Waals surface area contributed by atoms with Crippen molar-refractivity contribution in [2.45, 2.75) is 31.4 Å². The highest BCUT2D eigenvalue weighted by atomic mass is 16.5. The molecule has 0 aliphatic heterocycles. The Morgan fingerprint density at radius 2 is 2.00 bits per heavy atom. The SMILES string of the molecule is CNC1c2ccccc2CCC1OCCOCCCOC. The molecule has 0 radical (unpaired) electrons. The van der Waals surface area contributed by atoms with Crippen LogP contribution in [0.5, 0.6) is 0 Å². The number of likely N-dealkylation sites (N-methyl/N-ethyl adjacent to an activating group) is 1. The monoisotopic (exact) mass is 293 g/mol. The van der Waals surface area contributed by atoms with Crippen LogP contribution >= 0.6 is 0 Å². The van der Waals surface area contributed by atoms with E-state index in [2.05, 4.69) is 29.6 Å². The van der Waals surface area contributed by atoms with E-state index in [1.807, 2.05) is 7.05 Å². The van der Waals surface area contributed by atoms with E-state index in [1.165, 1.54) is 11.1 Å². The lowest BCUT2D eigenvalue weighted by molar-refractivity contribution is -0.0197. The third-order valence-corrected chi connectivity index (χ3v) is 3.97. The van der Waals surface area contributed by atoms with Crippen molar-refractivity contribution in [2.75, 3.05) is 40.6 Å². The molecule has 4 heteroatoms. The van der Waals surface area contributed by atoms with Gasteiger partial charge in [0.25, 0.3) is 0 Å². The number of methoxy groups -OCH3 is 1. The molecule has 21 heavy (non-hydrogen) atoms. The lowest BCUT2D eigenvalue weighted by Crippen LogP contribution is -2.36. The first kappa shape index (κ1) is 16.4. The molecule has 2 atom stereocenters. The molecule has 118 valence electrons. The summed E-state index contributed by atoms with van der Waals surface area (Å²) < 4.78 is 16.6. The van der Waals surface area contributed by atoms with E-state index in [0.29, 0.717) is 13.2 Å². The highest BCUT2D eigenvalue weighted by Crippen LogP contribution is 2.31. The minimum absolute atomic E-state index is 0.229. The molecule has 0 bridgehead atoms.